The first-order valence-electron chi connectivity index (χ1n) is 8.34. The van der Waals surface area contributed by atoms with Gasteiger partial charge in [-0.15, -0.1) is 0 Å². The number of piperidine rings is 1. The van der Waals surface area contributed by atoms with Crippen LogP contribution in [0, 0.1) is 5.92 Å². The molecule has 2 aliphatic rings. The summed E-state index contributed by atoms with van der Waals surface area (Å²) in [5, 5.41) is 1.56. The Morgan fingerprint density at radius 2 is 2.10 bits per heavy atom. The molecule has 2 aromatic rings. The van der Waals surface area contributed by atoms with Crippen molar-refractivity contribution in [1.82, 2.24) is 9.47 Å². The number of nitrogens with zero attached hydrogens (tertiary/aromatic N) is 2. The van der Waals surface area contributed by atoms with Crippen molar-refractivity contribution in [1.29, 1.82) is 0 Å². The van der Waals surface area contributed by atoms with Crippen molar-refractivity contribution in [2.75, 3.05) is 13.6 Å². The van der Waals surface area contributed by atoms with Crippen molar-refractivity contribution < 1.29 is 0 Å². The van der Waals surface area contributed by atoms with Gasteiger partial charge in [-0.25, -0.2) is 0 Å². The average molecular weight is 282 g/mol. The summed E-state index contributed by atoms with van der Waals surface area (Å²) < 4.78 is 2.32. The van der Waals surface area contributed by atoms with Crippen LogP contribution in [0.2, 0.25) is 0 Å². The lowest BCUT2D eigenvalue weighted by molar-refractivity contribution is 0.0515. The summed E-state index contributed by atoms with van der Waals surface area (Å²) in [6.07, 6.45) is 6.16. The maximum atomic E-state index is 2.63. The Labute approximate surface area is 127 Å². The maximum absolute atomic E-state index is 2.63. The highest BCUT2D eigenvalue weighted by atomic mass is 15.2. The van der Waals surface area contributed by atoms with E-state index >= 15 is 0 Å². The van der Waals surface area contributed by atoms with Crippen LogP contribution in [0.3, 0.4) is 0 Å². The number of likely N-dealkylation sites (N-methyl/N-ethyl adjacent to an activating group) is 1. The zero-order valence-electron chi connectivity index (χ0n) is 13.7. The molecule has 4 rings (SSSR count). The molecule has 0 N–H and O–H groups in total. The maximum Gasteiger partial charge on any atom is 0.0483 e. The number of rotatable bonds is 1. The monoisotopic (exact) mass is 282 g/mol. The van der Waals surface area contributed by atoms with Crippen molar-refractivity contribution >= 4 is 10.9 Å². The van der Waals surface area contributed by atoms with E-state index in [9.17, 15) is 0 Å². The lowest BCUT2D eigenvalue weighted by Crippen LogP contribution is -2.57. The van der Waals surface area contributed by atoms with Gasteiger partial charge in [0.2, 0.25) is 0 Å². The highest BCUT2D eigenvalue weighted by Crippen LogP contribution is 2.50. The van der Waals surface area contributed by atoms with Gasteiger partial charge in [0, 0.05) is 42.1 Å². The van der Waals surface area contributed by atoms with E-state index in [4.69, 9.17) is 0 Å². The second kappa shape index (κ2) is 4.36. The van der Waals surface area contributed by atoms with Crippen molar-refractivity contribution in [3.63, 3.8) is 0 Å². The molecule has 0 bridgehead atoms. The molecule has 2 unspecified atom stereocenters. The van der Waals surface area contributed by atoms with Crippen LogP contribution < -0.4 is 0 Å². The first-order valence-corrected chi connectivity index (χ1v) is 8.34. The number of fused-ring (bicyclic) bond motifs is 2. The molecule has 0 radical (unpaired) electrons. The van der Waals surface area contributed by atoms with Gasteiger partial charge < -0.3 is 9.47 Å². The van der Waals surface area contributed by atoms with Crippen molar-refractivity contribution in [2.24, 2.45) is 13.0 Å². The first kappa shape index (κ1) is 13.4. The number of hydrogen-bond donors (Lipinski definition) is 0. The highest BCUT2D eigenvalue weighted by molar-refractivity contribution is 5.89. The Morgan fingerprint density at radius 1 is 1.29 bits per heavy atom. The van der Waals surface area contributed by atoms with Crippen molar-refractivity contribution in [3.05, 3.63) is 35.5 Å². The molecule has 0 amide bonds. The zero-order valence-corrected chi connectivity index (χ0v) is 13.7. The third-order valence-corrected chi connectivity index (χ3v) is 6.16. The largest absolute Gasteiger partial charge is 0.350 e. The Balaban J connectivity index is 2.02. The summed E-state index contributed by atoms with van der Waals surface area (Å²) in [7, 11) is 4.52. The second-order valence-corrected chi connectivity index (χ2v) is 7.44. The summed E-state index contributed by atoms with van der Waals surface area (Å²) in [4.78, 5) is 2.63. The predicted octanol–water partition coefficient (Wildman–Crippen LogP) is 3.72. The average Bonchev–Trinajstić information content (AvgIpc) is 2.78. The van der Waals surface area contributed by atoms with Gasteiger partial charge in [-0.1, -0.05) is 26.0 Å². The highest BCUT2D eigenvalue weighted by Gasteiger charge is 2.48. The normalized spacial score (nSPS) is 32.4. The number of hydrogen-bond acceptors (Lipinski definition) is 1. The second-order valence-electron chi connectivity index (χ2n) is 7.44. The quantitative estimate of drug-likeness (QED) is 0.774. The van der Waals surface area contributed by atoms with Crippen molar-refractivity contribution in [3.8, 4) is 0 Å². The van der Waals surface area contributed by atoms with Gasteiger partial charge >= 0.3 is 0 Å². The Kier molecular flexibility index (Phi) is 2.78. The molecule has 0 saturated carbocycles. The van der Waals surface area contributed by atoms with Gasteiger partial charge in [-0.2, -0.15) is 0 Å². The Morgan fingerprint density at radius 3 is 2.86 bits per heavy atom. The van der Waals surface area contributed by atoms with E-state index in [-0.39, 0.29) is 0 Å². The molecule has 2 nitrogen and oxygen atoms in total. The van der Waals surface area contributed by atoms with Crippen LogP contribution in [0.15, 0.2) is 24.4 Å². The van der Waals surface area contributed by atoms with Gasteiger partial charge in [0.1, 0.15) is 0 Å². The molecular formula is C19H26N2. The van der Waals surface area contributed by atoms with E-state index in [1.165, 1.54) is 31.3 Å². The third-order valence-electron chi connectivity index (χ3n) is 6.16. The number of benzene rings is 1. The lowest BCUT2D eigenvalue weighted by Gasteiger charge is -2.53. The van der Waals surface area contributed by atoms with E-state index in [2.05, 4.69) is 61.8 Å². The standard InChI is InChI=1S/C19H26N2/c1-5-19-10-13(2)11-21(4)17(19)9-14-12-20(3)16-8-6-7-15(19)18(14)16/h6-8,12-13,17H,5,9-11H2,1-4H3/t13?,17?,19-/m1/s1. The number of aromatic nitrogens is 1. The smallest absolute Gasteiger partial charge is 0.0483 e. The van der Waals surface area contributed by atoms with E-state index in [1.807, 2.05) is 0 Å². The summed E-state index contributed by atoms with van der Waals surface area (Å²) in [6, 6.07) is 7.62. The van der Waals surface area contributed by atoms with Crippen LogP contribution in [0.25, 0.3) is 10.9 Å². The number of aryl methyl sites for hydroxylation is 1. The molecule has 21 heavy (non-hydrogen) atoms. The minimum absolute atomic E-state index is 0.347. The molecule has 1 aromatic carbocycles. The van der Waals surface area contributed by atoms with Crippen LogP contribution in [0.1, 0.15) is 37.8 Å². The van der Waals surface area contributed by atoms with Gasteiger partial charge in [-0.05, 0) is 49.4 Å². The third kappa shape index (κ3) is 1.63. The van der Waals surface area contributed by atoms with E-state index in [0.29, 0.717) is 11.5 Å². The topological polar surface area (TPSA) is 8.17 Å². The molecule has 2 heteroatoms. The molecule has 1 fully saturated rings. The lowest BCUT2D eigenvalue weighted by atomic mass is 9.60. The van der Waals surface area contributed by atoms with E-state index in [1.54, 1.807) is 16.5 Å². The molecule has 3 atom stereocenters. The molecule has 1 saturated heterocycles. The molecule has 2 heterocycles. The van der Waals surface area contributed by atoms with Crippen LogP contribution in [-0.4, -0.2) is 29.1 Å². The van der Waals surface area contributed by atoms with Crippen LogP contribution in [0.5, 0.6) is 0 Å². The fourth-order valence-corrected chi connectivity index (χ4v) is 5.39. The molecule has 1 aliphatic carbocycles. The van der Waals surface area contributed by atoms with Gasteiger partial charge in [-0.3, -0.25) is 0 Å². The van der Waals surface area contributed by atoms with Gasteiger partial charge in [0.15, 0.2) is 0 Å². The van der Waals surface area contributed by atoms with Crippen LogP contribution in [0.4, 0.5) is 0 Å². The summed E-state index contributed by atoms with van der Waals surface area (Å²) >= 11 is 0. The SMILES string of the molecule is CC[C@]12CC(C)CN(C)C1Cc1cn(C)c3cccc2c13. The molecule has 1 aromatic heterocycles. The van der Waals surface area contributed by atoms with Gasteiger partial charge in [0.05, 0.1) is 0 Å². The van der Waals surface area contributed by atoms with E-state index in [0.717, 1.165) is 5.92 Å². The predicted molar refractivity (Wildman–Crippen MR) is 88.8 cm³/mol. The summed E-state index contributed by atoms with van der Waals surface area (Å²) in [6.45, 7) is 6.06. The minimum atomic E-state index is 0.347. The molecule has 112 valence electrons. The number of likely N-dealkylation sites (tertiary alicyclic amines) is 1. The Hall–Kier alpha value is -1.28. The Bertz CT molecular complexity index is 699. The van der Waals surface area contributed by atoms with Crippen molar-refractivity contribution in [2.45, 2.75) is 44.6 Å². The summed E-state index contributed by atoms with van der Waals surface area (Å²) in [5.41, 5.74) is 4.93. The van der Waals surface area contributed by atoms with Crippen LogP contribution >= 0.6 is 0 Å². The fourth-order valence-electron chi connectivity index (χ4n) is 5.39. The zero-order chi connectivity index (χ0) is 14.8. The fraction of sp³-hybridized carbons (Fsp3) is 0.579. The first-order chi connectivity index (χ1) is 10.1. The van der Waals surface area contributed by atoms with E-state index < -0.39 is 0 Å². The van der Waals surface area contributed by atoms with Crippen LogP contribution in [-0.2, 0) is 18.9 Å². The summed E-state index contributed by atoms with van der Waals surface area (Å²) in [5.74, 6) is 0.784. The van der Waals surface area contributed by atoms with Gasteiger partial charge in [0.25, 0.3) is 0 Å². The minimum Gasteiger partial charge on any atom is -0.350 e. The molecule has 0 spiro atoms. The molecular weight excluding hydrogens is 256 g/mol. The molecule has 1 aliphatic heterocycles.